The van der Waals surface area contributed by atoms with Gasteiger partial charge in [0.15, 0.2) is 11.5 Å². The van der Waals surface area contributed by atoms with E-state index >= 15 is 0 Å². The first-order chi connectivity index (χ1) is 27.2. The Bertz CT molecular complexity index is 1800. The number of carbonyl (C=O) groups is 2. The lowest BCUT2D eigenvalue weighted by Gasteiger charge is -2.36. The molecule has 4 aliphatic rings. The number of ether oxygens (including phenoxy) is 4. The van der Waals surface area contributed by atoms with Crippen LogP contribution in [0.3, 0.4) is 0 Å². The highest BCUT2D eigenvalue weighted by Gasteiger charge is 2.60. The number of nitrogens with zero attached hydrogens (tertiary/aromatic N) is 6. The van der Waals surface area contributed by atoms with Gasteiger partial charge in [0.05, 0.1) is 57.3 Å². The normalized spacial score (nSPS) is 24.5. The van der Waals surface area contributed by atoms with Crippen molar-refractivity contribution in [2.24, 2.45) is 5.41 Å². The molecule has 16 nitrogen and oxygen atoms in total. The van der Waals surface area contributed by atoms with E-state index in [1.165, 1.54) is 0 Å². The van der Waals surface area contributed by atoms with Gasteiger partial charge in [-0.1, -0.05) is 18.6 Å². The zero-order valence-corrected chi connectivity index (χ0v) is 33.9. The molecule has 56 heavy (non-hydrogen) atoms. The third-order valence-corrected chi connectivity index (χ3v) is 13.6. The van der Waals surface area contributed by atoms with Gasteiger partial charge in [-0.05, 0) is 51.6 Å². The van der Waals surface area contributed by atoms with E-state index in [9.17, 15) is 9.59 Å². The molecule has 2 amide bonds. The van der Waals surface area contributed by atoms with E-state index in [4.69, 9.17) is 28.9 Å². The number of benzene rings is 1. The lowest BCUT2D eigenvalue weighted by molar-refractivity contribution is -0.121. The second kappa shape index (κ2) is 18.6. The van der Waals surface area contributed by atoms with E-state index in [0.29, 0.717) is 80.8 Å². The first-order valence-electron chi connectivity index (χ1n) is 20.2. The number of aromatic nitrogens is 5. The Morgan fingerprint density at radius 1 is 1.07 bits per heavy atom. The molecule has 306 valence electrons. The Morgan fingerprint density at radius 2 is 1.91 bits per heavy atom. The van der Waals surface area contributed by atoms with Crippen LogP contribution in [-0.2, 0) is 32.2 Å². The van der Waals surface area contributed by atoms with Crippen molar-refractivity contribution in [3.05, 3.63) is 24.0 Å². The number of hydrogen-bond donors (Lipinski definition) is 4. The van der Waals surface area contributed by atoms with Crippen LogP contribution in [0.2, 0.25) is 0 Å². The summed E-state index contributed by atoms with van der Waals surface area (Å²) in [5.41, 5.74) is 1.36. The highest BCUT2D eigenvalue weighted by Crippen LogP contribution is 2.56. The summed E-state index contributed by atoms with van der Waals surface area (Å²) < 4.78 is 25.1. The summed E-state index contributed by atoms with van der Waals surface area (Å²) in [5.74, 6) is 3.91. The molecule has 2 aromatic heterocycles. The quantitative estimate of drug-likeness (QED) is 0.116. The minimum Gasteiger partial charge on any atom is -0.493 e. The number of hydrogen-bond acceptors (Lipinski definition) is 14. The number of methoxy groups -OCH3 is 1. The first-order valence-corrected chi connectivity index (χ1v) is 21.3. The number of thioether (sulfide) groups is 1. The monoisotopic (exact) mass is 794 g/mol. The topological polar surface area (TPSA) is 179 Å². The molecule has 4 atom stereocenters. The highest BCUT2D eigenvalue weighted by atomic mass is 32.2. The molecule has 0 aliphatic carbocycles. The lowest BCUT2D eigenvalue weighted by Crippen LogP contribution is -2.49. The summed E-state index contributed by atoms with van der Waals surface area (Å²) in [6, 6.07) is 4.18. The van der Waals surface area contributed by atoms with Crippen LogP contribution < -0.4 is 35.6 Å². The van der Waals surface area contributed by atoms with Crippen LogP contribution in [0.15, 0.2) is 18.3 Å². The molecule has 4 aliphatic heterocycles. The van der Waals surface area contributed by atoms with E-state index < -0.39 is 0 Å². The molecule has 6 heterocycles. The van der Waals surface area contributed by atoms with Gasteiger partial charge in [-0.3, -0.25) is 9.59 Å². The van der Waals surface area contributed by atoms with Crippen molar-refractivity contribution in [3.63, 3.8) is 0 Å². The van der Waals surface area contributed by atoms with E-state index in [1.807, 2.05) is 30.1 Å². The predicted molar refractivity (Wildman–Crippen MR) is 215 cm³/mol. The molecule has 0 saturated carbocycles. The second-order valence-corrected chi connectivity index (χ2v) is 17.0. The van der Waals surface area contributed by atoms with Gasteiger partial charge in [0.25, 0.3) is 0 Å². The zero-order chi connectivity index (χ0) is 39.0. The van der Waals surface area contributed by atoms with Gasteiger partial charge < -0.3 is 45.1 Å². The second-order valence-electron chi connectivity index (χ2n) is 15.8. The molecule has 0 spiro atoms. The van der Waals surface area contributed by atoms with Crippen LogP contribution in [0.4, 0.5) is 11.8 Å². The van der Waals surface area contributed by atoms with Gasteiger partial charge in [0, 0.05) is 72.9 Å². The van der Waals surface area contributed by atoms with E-state index in [1.54, 1.807) is 11.8 Å². The third-order valence-electron chi connectivity index (χ3n) is 11.7. The van der Waals surface area contributed by atoms with Crippen molar-refractivity contribution < 1.29 is 28.5 Å². The van der Waals surface area contributed by atoms with Gasteiger partial charge in [-0.25, -0.2) is 9.67 Å². The number of rotatable bonds is 21. The molecular weight excluding hydrogens is 737 g/mol. The van der Waals surface area contributed by atoms with Crippen LogP contribution in [0.25, 0.3) is 10.9 Å². The Labute approximate surface area is 333 Å². The zero-order valence-electron chi connectivity index (χ0n) is 33.1. The maximum atomic E-state index is 12.3. The van der Waals surface area contributed by atoms with Gasteiger partial charge in [0.2, 0.25) is 17.8 Å². The summed E-state index contributed by atoms with van der Waals surface area (Å²) in [4.78, 5) is 36.5. The Morgan fingerprint density at radius 3 is 2.71 bits per heavy atom. The smallest absolute Gasteiger partial charge is 0.227 e. The maximum Gasteiger partial charge on any atom is 0.227 e. The van der Waals surface area contributed by atoms with Gasteiger partial charge in [-0.15, -0.1) is 5.10 Å². The van der Waals surface area contributed by atoms with Crippen LogP contribution in [-0.4, -0.2) is 126 Å². The summed E-state index contributed by atoms with van der Waals surface area (Å²) in [6.45, 7) is 11.2. The fourth-order valence-corrected chi connectivity index (χ4v) is 10.2. The fourth-order valence-electron chi connectivity index (χ4n) is 8.19. The van der Waals surface area contributed by atoms with Crippen molar-refractivity contribution in [3.8, 4) is 11.5 Å². The molecular formula is C39H58N10O6S. The minimum atomic E-state index is -0.111. The van der Waals surface area contributed by atoms with Crippen LogP contribution in [0, 0.1) is 5.41 Å². The molecule has 4 saturated heterocycles. The number of fused-ring (bicyclic) bond motifs is 2. The van der Waals surface area contributed by atoms with Crippen molar-refractivity contribution in [1.29, 1.82) is 0 Å². The number of anilines is 2. The standard InChI is InChI=1S/C39H58N10O6S/c1-38-22-35(51)45-39(38,2)26-56-33(38)8-4-5-9-34(50)41-12-16-53-18-19-54-17-15-49-24-28(46-47-49)25-55-32-21-30-29(20-31(32)52-3)36(42-27-10-11-40-23-27)44-37(43-30)48-13-6-7-14-48/h20-21,24,27,33,40H,4-19,22-23,25-26H2,1-3H3,(H,41,50)(H,45,51)(H,42,43,44)/t27-,33+,38-,39+/m1/s1. The van der Waals surface area contributed by atoms with Gasteiger partial charge >= 0.3 is 0 Å². The van der Waals surface area contributed by atoms with Crippen LogP contribution >= 0.6 is 11.8 Å². The van der Waals surface area contributed by atoms with Gasteiger partial charge in [0.1, 0.15) is 18.1 Å². The van der Waals surface area contributed by atoms with Crippen LogP contribution in [0.5, 0.6) is 11.5 Å². The largest absolute Gasteiger partial charge is 0.493 e. The number of unbranched alkanes of at least 4 members (excludes halogenated alkanes) is 1. The molecule has 0 bridgehead atoms. The molecule has 4 N–H and O–H groups in total. The summed E-state index contributed by atoms with van der Waals surface area (Å²) in [5, 5.41) is 23.0. The molecule has 7 rings (SSSR count). The molecule has 4 fully saturated rings. The van der Waals surface area contributed by atoms with E-state index in [0.717, 1.165) is 93.1 Å². The fraction of sp³-hybridized carbons (Fsp3) is 0.692. The molecule has 1 aromatic carbocycles. The Hall–Kier alpha value is -3.93. The number of nitrogens with one attached hydrogen (secondary N) is 4. The summed E-state index contributed by atoms with van der Waals surface area (Å²) >= 11 is 1.96. The molecule has 0 radical (unpaired) electrons. The molecule has 0 unspecified atom stereocenters. The highest BCUT2D eigenvalue weighted by molar-refractivity contribution is 8.00. The molecule has 17 heteroatoms. The lowest BCUT2D eigenvalue weighted by atomic mass is 9.70. The van der Waals surface area contributed by atoms with Crippen molar-refractivity contribution in [2.45, 2.75) is 95.2 Å². The predicted octanol–water partition coefficient (Wildman–Crippen LogP) is 3.29. The SMILES string of the molecule is COc1cc2c(N[C@@H]3CCNC3)nc(N3CCCC3)nc2cc1OCc1cn(CCOCCOCCNC(=O)CCCC[C@@H]2SC[C@]3(C)NC(=O)C[C@]23C)nn1. The average Bonchev–Trinajstić information content (AvgIpc) is 4.03. The van der Waals surface area contributed by atoms with Crippen molar-refractivity contribution in [1.82, 2.24) is 40.9 Å². The third kappa shape index (κ3) is 9.60. The number of amides is 2. The summed E-state index contributed by atoms with van der Waals surface area (Å²) in [7, 11) is 1.63. The van der Waals surface area contributed by atoms with Crippen LogP contribution in [0.1, 0.15) is 70.9 Å². The Kier molecular flexibility index (Phi) is 13.3. The van der Waals surface area contributed by atoms with Crippen molar-refractivity contribution >= 4 is 46.2 Å². The van der Waals surface area contributed by atoms with Crippen molar-refractivity contribution in [2.75, 3.05) is 82.2 Å². The van der Waals surface area contributed by atoms with Gasteiger partial charge in [-0.2, -0.15) is 16.7 Å². The Balaban J connectivity index is 0.772. The van der Waals surface area contributed by atoms with E-state index in [-0.39, 0.29) is 29.4 Å². The first kappa shape index (κ1) is 40.3. The maximum absolute atomic E-state index is 12.3. The average molecular weight is 795 g/mol. The minimum absolute atomic E-state index is 0.00619. The molecule has 3 aromatic rings. The van der Waals surface area contributed by atoms with E-state index in [2.05, 4.69) is 50.3 Å². The summed E-state index contributed by atoms with van der Waals surface area (Å²) in [6.07, 6.45) is 9.14. The number of carbonyl (C=O) groups excluding carboxylic acids is 2.